The molecule has 52 heavy (non-hydrogen) atoms. The van der Waals surface area contributed by atoms with E-state index < -0.39 is 0 Å². The summed E-state index contributed by atoms with van der Waals surface area (Å²) in [5.41, 5.74) is 13.1. The molecule has 2 nitrogen and oxygen atoms in total. The number of hydrogen-bond donors (Lipinski definition) is 0. The van der Waals surface area contributed by atoms with E-state index in [9.17, 15) is 5.26 Å². The van der Waals surface area contributed by atoms with Gasteiger partial charge in [0.1, 0.15) is 0 Å². The van der Waals surface area contributed by atoms with Gasteiger partial charge in [-0.2, -0.15) is 5.26 Å². The monoisotopic (exact) mass is 678 g/mol. The van der Waals surface area contributed by atoms with Crippen LogP contribution in [0.1, 0.15) is 5.56 Å². The lowest BCUT2D eigenvalue weighted by atomic mass is 9.93. The zero-order valence-corrected chi connectivity index (χ0v) is 28.9. The molecule has 0 aliphatic heterocycles. The highest BCUT2D eigenvalue weighted by Crippen LogP contribution is 2.41. The molecule has 0 N–H and O–H groups in total. The predicted octanol–water partition coefficient (Wildman–Crippen LogP) is 13.7. The van der Waals surface area contributed by atoms with Crippen LogP contribution in [0.3, 0.4) is 0 Å². The van der Waals surface area contributed by atoms with Crippen LogP contribution in [0.2, 0.25) is 0 Å². The summed E-state index contributed by atoms with van der Waals surface area (Å²) in [6, 6.07) is 67.3. The molecule has 0 amide bonds. The maximum atomic E-state index is 10.1. The third kappa shape index (κ3) is 5.01. The van der Waals surface area contributed by atoms with Crippen LogP contribution in [0.25, 0.3) is 92.2 Å². The quantitative estimate of drug-likeness (QED) is 0.178. The molecular formula is C49H30N2S. The molecule has 8 aromatic carbocycles. The van der Waals surface area contributed by atoms with Crippen LogP contribution in [0.5, 0.6) is 0 Å². The van der Waals surface area contributed by atoms with Crippen molar-refractivity contribution in [2.24, 2.45) is 0 Å². The summed E-state index contributed by atoms with van der Waals surface area (Å²) in [5.74, 6) is 0. The third-order valence-electron chi connectivity index (χ3n) is 10.2. The Balaban J connectivity index is 1.03. The summed E-state index contributed by atoms with van der Waals surface area (Å²) in [4.78, 5) is 0. The Morgan fingerprint density at radius 3 is 1.58 bits per heavy atom. The highest BCUT2D eigenvalue weighted by atomic mass is 32.1. The van der Waals surface area contributed by atoms with Gasteiger partial charge in [-0.25, -0.2) is 0 Å². The second-order valence-electron chi connectivity index (χ2n) is 13.3. The fourth-order valence-electron chi connectivity index (χ4n) is 7.77. The summed E-state index contributed by atoms with van der Waals surface area (Å²) in [6.45, 7) is 0. The summed E-state index contributed by atoms with van der Waals surface area (Å²) in [5, 5.41) is 15.2. The number of rotatable bonds is 5. The number of nitriles is 1. The number of fused-ring (bicyclic) bond motifs is 6. The van der Waals surface area contributed by atoms with E-state index in [0.717, 1.165) is 44.6 Å². The van der Waals surface area contributed by atoms with E-state index in [2.05, 4.69) is 180 Å². The first kappa shape index (κ1) is 30.1. The Labute approximate surface area is 305 Å². The molecule has 10 aromatic rings. The van der Waals surface area contributed by atoms with Gasteiger partial charge in [0.15, 0.2) is 0 Å². The standard InChI is InChI=1S/C49H30N2S/c50-31-32-25-38(29-39(26-32)41-20-10-21-45-44-19-3-6-24-48(44)52-49(41)45)36-14-8-12-34(28-36)33-11-7-13-35(27-33)37-15-9-16-40(30-37)51-46-22-4-1-17-42(46)43-18-2-5-23-47(43)51/h1-30H. The summed E-state index contributed by atoms with van der Waals surface area (Å²) in [6.07, 6.45) is 0. The van der Waals surface area contributed by atoms with Crippen LogP contribution in [0, 0.1) is 11.3 Å². The first-order valence-electron chi connectivity index (χ1n) is 17.5. The van der Waals surface area contributed by atoms with E-state index in [-0.39, 0.29) is 0 Å². The highest BCUT2D eigenvalue weighted by molar-refractivity contribution is 7.26. The number of para-hydroxylation sites is 2. The largest absolute Gasteiger partial charge is 0.309 e. The Kier molecular flexibility index (Phi) is 7.09. The lowest BCUT2D eigenvalue weighted by Crippen LogP contribution is -1.94. The average Bonchev–Trinajstić information content (AvgIpc) is 3.77. The first-order chi connectivity index (χ1) is 25.7. The topological polar surface area (TPSA) is 28.7 Å². The van der Waals surface area contributed by atoms with E-state index in [1.54, 1.807) is 0 Å². The molecule has 0 aliphatic carbocycles. The maximum absolute atomic E-state index is 10.1. The van der Waals surface area contributed by atoms with Crippen molar-refractivity contribution in [3.8, 4) is 56.3 Å². The Morgan fingerprint density at radius 2 is 0.904 bits per heavy atom. The maximum Gasteiger partial charge on any atom is 0.0992 e. The fraction of sp³-hybridized carbons (Fsp3) is 0. The van der Waals surface area contributed by atoms with Gasteiger partial charge in [0, 0.05) is 36.6 Å². The minimum absolute atomic E-state index is 0.654. The van der Waals surface area contributed by atoms with Crippen molar-refractivity contribution in [1.29, 1.82) is 5.26 Å². The van der Waals surface area contributed by atoms with Crippen LogP contribution in [0.15, 0.2) is 182 Å². The fourth-order valence-corrected chi connectivity index (χ4v) is 9.01. The van der Waals surface area contributed by atoms with Crippen LogP contribution in [-0.2, 0) is 0 Å². The molecule has 0 fully saturated rings. The Morgan fingerprint density at radius 1 is 0.404 bits per heavy atom. The number of thiophene rings is 1. The summed E-state index contributed by atoms with van der Waals surface area (Å²) >= 11 is 1.81. The number of hydrogen-bond acceptors (Lipinski definition) is 2. The van der Waals surface area contributed by atoms with Crippen molar-refractivity contribution >= 4 is 53.3 Å². The zero-order chi connectivity index (χ0) is 34.6. The van der Waals surface area contributed by atoms with Crippen LogP contribution >= 0.6 is 11.3 Å². The molecule has 242 valence electrons. The molecule has 0 saturated carbocycles. The number of benzene rings is 8. The zero-order valence-electron chi connectivity index (χ0n) is 28.1. The van der Waals surface area contributed by atoms with Crippen LogP contribution in [-0.4, -0.2) is 4.57 Å². The normalized spacial score (nSPS) is 11.4. The lowest BCUT2D eigenvalue weighted by molar-refractivity contribution is 1.18. The van der Waals surface area contributed by atoms with Crippen LogP contribution in [0.4, 0.5) is 0 Å². The smallest absolute Gasteiger partial charge is 0.0992 e. The van der Waals surface area contributed by atoms with Gasteiger partial charge >= 0.3 is 0 Å². The number of aromatic nitrogens is 1. The molecule has 0 atom stereocenters. The minimum atomic E-state index is 0.654. The van der Waals surface area contributed by atoms with Gasteiger partial charge in [-0.1, -0.05) is 121 Å². The Bertz CT molecular complexity index is 2990. The van der Waals surface area contributed by atoms with Crippen molar-refractivity contribution in [1.82, 2.24) is 4.57 Å². The van der Waals surface area contributed by atoms with E-state index in [1.165, 1.54) is 47.5 Å². The molecule has 0 aliphatic rings. The predicted molar refractivity (Wildman–Crippen MR) is 220 cm³/mol. The van der Waals surface area contributed by atoms with Gasteiger partial charge in [-0.05, 0) is 105 Å². The van der Waals surface area contributed by atoms with Crippen molar-refractivity contribution in [2.45, 2.75) is 0 Å². The first-order valence-corrected chi connectivity index (χ1v) is 18.3. The van der Waals surface area contributed by atoms with E-state index in [4.69, 9.17) is 0 Å². The molecule has 0 radical (unpaired) electrons. The van der Waals surface area contributed by atoms with E-state index in [0.29, 0.717) is 5.56 Å². The van der Waals surface area contributed by atoms with Gasteiger partial charge < -0.3 is 4.57 Å². The molecule has 0 unspecified atom stereocenters. The second kappa shape index (κ2) is 12.2. The molecule has 0 bridgehead atoms. The molecule has 10 rings (SSSR count). The van der Waals surface area contributed by atoms with Crippen LogP contribution < -0.4 is 0 Å². The van der Waals surface area contributed by atoms with E-state index in [1.807, 2.05) is 23.5 Å². The molecule has 0 spiro atoms. The third-order valence-corrected chi connectivity index (χ3v) is 11.4. The van der Waals surface area contributed by atoms with Gasteiger partial charge in [0.25, 0.3) is 0 Å². The van der Waals surface area contributed by atoms with Gasteiger partial charge in [0.05, 0.1) is 22.7 Å². The van der Waals surface area contributed by atoms with Crippen molar-refractivity contribution in [2.75, 3.05) is 0 Å². The van der Waals surface area contributed by atoms with Gasteiger partial charge in [-0.3, -0.25) is 0 Å². The minimum Gasteiger partial charge on any atom is -0.309 e. The molecule has 3 heteroatoms. The highest BCUT2D eigenvalue weighted by Gasteiger charge is 2.14. The lowest BCUT2D eigenvalue weighted by Gasteiger charge is -2.12. The van der Waals surface area contributed by atoms with Crippen molar-refractivity contribution in [3.05, 3.63) is 188 Å². The summed E-state index contributed by atoms with van der Waals surface area (Å²) < 4.78 is 4.89. The van der Waals surface area contributed by atoms with Gasteiger partial charge in [-0.15, -0.1) is 11.3 Å². The summed E-state index contributed by atoms with van der Waals surface area (Å²) in [7, 11) is 0. The van der Waals surface area contributed by atoms with Gasteiger partial charge in [0.2, 0.25) is 0 Å². The molecule has 0 saturated heterocycles. The average molecular weight is 679 g/mol. The number of nitrogens with zero attached hydrogens (tertiary/aromatic N) is 2. The van der Waals surface area contributed by atoms with Crippen molar-refractivity contribution < 1.29 is 0 Å². The molecule has 2 aromatic heterocycles. The molecule has 2 heterocycles. The Hall–Kier alpha value is -6.73. The second-order valence-corrected chi connectivity index (χ2v) is 14.3. The van der Waals surface area contributed by atoms with Crippen molar-refractivity contribution in [3.63, 3.8) is 0 Å². The SMILES string of the molecule is N#Cc1cc(-c2cccc(-c3cccc(-c4cccc(-n5c6ccccc6c6ccccc65)c4)c3)c2)cc(-c2cccc3c2sc2ccccc23)c1. The van der Waals surface area contributed by atoms with E-state index >= 15 is 0 Å². The molecular weight excluding hydrogens is 649 g/mol.